The number of hydrogen-bond acceptors (Lipinski definition) is 2. The zero-order chi connectivity index (χ0) is 14.9. The number of nitrogens with two attached hydrogens (primary N) is 1. The fourth-order valence-electron chi connectivity index (χ4n) is 2.29. The van der Waals surface area contributed by atoms with Gasteiger partial charge < -0.3 is 10.5 Å². The van der Waals surface area contributed by atoms with E-state index in [0.717, 1.165) is 22.4 Å². The molecule has 2 rings (SSSR count). The predicted octanol–water partition coefficient (Wildman–Crippen LogP) is 4.15. The predicted molar refractivity (Wildman–Crippen MR) is 79.9 cm³/mol. The lowest BCUT2D eigenvalue weighted by Crippen LogP contribution is -2.14. The van der Waals surface area contributed by atoms with Crippen LogP contribution in [0, 0.1) is 19.7 Å². The molecule has 0 amide bonds. The molecule has 20 heavy (non-hydrogen) atoms. The van der Waals surface area contributed by atoms with E-state index >= 15 is 0 Å². The van der Waals surface area contributed by atoms with Crippen LogP contribution in [-0.4, -0.2) is 7.11 Å². The summed E-state index contributed by atoms with van der Waals surface area (Å²) >= 11 is 6.08. The van der Waals surface area contributed by atoms with Crippen LogP contribution in [-0.2, 0) is 0 Å². The average molecular weight is 294 g/mol. The van der Waals surface area contributed by atoms with Gasteiger partial charge in [-0.05, 0) is 54.3 Å². The summed E-state index contributed by atoms with van der Waals surface area (Å²) in [7, 11) is 1.64. The highest BCUT2D eigenvalue weighted by Gasteiger charge is 2.16. The molecule has 106 valence electrons. The first kappa shape index (κ1) is 14.8. The van der Waals surface area contributed by atoms with Crippen molar-refractivity contribution in [3.05, 3.63) is 63.4 Å². The molecule has 0 saturated carbocycles. The number of rotatable bonds is 3. The highest BCUT2D eigenvalue weighted by molar-refractivity contribution is 6.31. The van der Waals surface area contributed by atoms with Crippen LogP contribution in [0.5, 0.6) is 5.75 Å². The fraction of sp³-hybridized carbons (Fsp3) is 0.250. The number of ether oxygens (including phenoxy) is 1. The standard InChI is InChI=1S/C16H17ClFNO/c1-9-7-15(20-3)10(2)6-13(9)16(19)12-5-4-11(18)8-14(12)17/h4-8,16H,19H2,1-3H3. The van der Waals surface area contributed by atoms with Crippen LogP contribution < -0.4 is 10.5 Å². The lowest BCUT2D eigenvalue weighted by atomic mass is 9.94. The van der Waals surface area contributed by atoms with Crippen molar-refractivity contribution in [1.82, 2.24) is 0 Å². The number of methoxy groups -OCH3 is 1. The molecule has 2 aromatic carbocycles. The van der Waals surface area contributed by atoms with E-state index in [9.17, 15) is 4.39 Å². The molecule has 2 N–H and O–H groups in total. The highest BCUT2D eigenvalue weighted by Crippen LogP contribution is 2.32. The van der Waals surface area contributed by atoms with E-state index in [2.05, 4.69) is 0 Å². The van der Waals surface area contributed by atoms with Gasteiger partial charge in [0, 0.05) is 5.02 Å². The molecule has 0 aliphatic heterocycles. The van der Waals surface area contributed by atoms with Crippen LogP contribution in [0.1, 0.15) is 28.3 Å². The Morgan fingerprint density at radius 2 is 1.80 bits per heavy atom. The average Bonchev–Trinajstić information content (AvgIpc) is 2.40. The molecule has 0 fully saturated rings. The third-order valence-corrected chi connectivity index (χ3v) is 3.74. The zero-order valence-corrected chi connectivity index (χ0v) is 12.5. The van der Waals surface area contributed by atoms with Crippen molar-refractivity contribution in [3.8, 4) is 5.75 Å². The summed E-state index contributed by atoms with van der Waals surface area (Å²) < 4.78 is 18.4. The van der Waals surface area contributed by atoms with Crippen LogP contribution in [0.15, 0.2) is 30.3 Å². The topological polar surface area (TPSA) is 35.2 Å². The summed E-state index contributed by atoms with van der Waals surface area (Å²) in [6.07, 6.45) is 0. The Labute approximate surface area is 123 Å². The van der Waals surface area contributed by atoms with Gasteiger partial charge in [0.25, 0.3) is 0 Å². The van der Waals surface area contributed by atoms with Gasteiger partial charge in [0.15, 0.2) is 0 Å². The lowest BCUT2D eigenvalue weighted by molar-refractivity contribution is 0.411. The van der Waals surface area contributed by atoms with Crippen molar-refractivity contribution in [2.45, 2.75) is 19.9 Å². The van der Waals surface area contributed by atoms with Crippen molar-refractivity contribution in [1.29, 1.82) is 0 Å². The molecule has 0 saturated heterocycles. The SMILES string of the molecule is COc1cc(C)c(C(N)c2ccc(F)cc2Cl)cc1C. The minimum atomic E-state index is -0.396. The van der Waals surface area contributed by atoms with Gasteiger partial charge >= 0.3 is 0 Å². The van der Waals surface area contributed by atoms with E-state index in [4.69, 9.17) is 22.1 Å². The van der Waals surface area contributed by atoms with Gasteiger partial charge in [-0.3, -0.25) is 0 Å². The summed E-state index contributed by atoms with van der Waals surface area (Å²) in [5, 5.41) is 0.338. The van der Waals surface area contributed by atoms with Gasteiger partial charge in [0.05, 0.1) is 13.2 Å². The molecule has 2 aromatic rings. The van der Waals surface area contributed by atoms with Crippen LogP contribution in [0.4, 0.5) is 4.39 Å². The molecule has 1 unspecified atom stereocenters. The molecule has 0 bridgehead atoms. The number of hydrogen-bond donors (Lipinski definition) is 1. The first-order valence-electron chi connectivity index (χ1n) is 6.29. The van der Waals surface area contributed by atoms with Gasteiger partial charge in [0.1, 0.15) is 11.6 Å². The zero-order valence-electron chi connectivity index (χ0n) is 11.7. The Hall–Kier alpha value is -1.58. The van der Waals surface area contributed by atoms with Crippen LogP contribution in [0.3, 0.4) is 0 Å². The van der Waals surface area contributed by atoms with Gasteiger partial charge in [-0.25, -0.2) is 4.39 Å². The van der Waals surface area contributed by atoms with Crippen LogP contribution in [0.25, 0.3) is 0 Å². The van der Waals surface area contributed by atoms with Gasteiger partial charge in [0.2, 0.25) is 0 Å². The molecular weight excluding hydrogens is 277 g/mol. The minimum absolute atomic E-state index is 0.338. The van der Waals surface area contributed by atoms with Crippen molar-refractivity contribution in [3.63, 3.8) is 0 Å². The first-order chi connectivity index (χ1) is 9.43. The minimum Gasteiger partial charge on any atom is -0.496 e. The van der Waals surface area contributed by atoms with Crippen LogP contribution in [0.2, 0.25) is 5.02 Å². The van der Waals surface area contributed by atoms with E-state index in [1.165, 1.54) is 12.1 Å². The van der Waals surface area contributed by atoms with Gasteiger partial charge in [-0.2, -0.15) is 0 Å². The summed E-state index contributed by atoms with van der Waals surface area (Å²) in [6.45, 7) is 3.93. The molecular formula is C16H17ClFNO. The molecule has 0 radical (unpaired) electrons. The van der Waals surface area contributed by atoms with Crippen molar-refractivity contribution < 1.29 is 9.13 Å². The summed E-state index contributed by atoms with van der Waals surface area (Å²) in [4.78, 5) is 0. The van der Waals surface area contributed by atoms with E-state index in [1.807, 2.05) is 26.0 Å². The Morgan fingerprint density at radius 1 is 1.10 bits per heavy atom. The van der Waals surface area contributed by atoms with Gasteiger partial charge in [-0.1, -0.05) is 23.7 Å². The maximum atomic E-state index is 13.1. The molecule has 4 heteroatoms. The first-order valence-corrected chi connectivity index (χ1v) is 6.67. The molecule has 1 atom stereocenters. The Morgan fingerprint density at radius 3 is 2.40 bits per heavy atom. The van der Waals surface area contributed by atoms with Crippen LogP contribution >= 0.6 is 11.6 Å². The second-order valence-electron chi connectivity index (χ2n) is 4.82. The third-order valence-electron chi connectivity index (χ3n) is 3.42. The quantitative estimate of drug-likeness (QED) is 0.922. The monoisotopic (exact) mass is 293 g/mol. The maximum Gasteiger partial charge on any atom is 0.124 e. The van der Waals surface area contributed by atoms with E-state index in [-0.39, 0.29) is 5.82 Å². The number of halogens is 2. The number of aryl methyl sites for hydroxylation is 2. The normalized spacial score (nSPS) is 12.3. The lowest BCUT2D eigenvalue weighted by Gasteiger charge is -2.18. The molecule has 0 aromatic heterocycles. The van der Waals surface area contributed by atoms with E-state index < -0.39 is 6.04 Å². The maximum absolute atomic E-state index is 13.1. The highest BCUT2D eigenvalue weighted by atomic mass is 35.5. The summed E-state index contributed by atoms with van der Waals surface area (Å²) in [5.41, 5.74) is 9.96. The second-order valence-corrected chi connectivity index (χ2v) is 5.23. The second kappa shape index (κ2) is 5.81. The molecule has 0 aliphatic rings. The third kappa shape index (κ3) is 2.79. The fourth-order valence-corrected chi connectivity index (χ4v) is 2.57. The van der Waals surface area contributed by atoms with Crippen molar-refractivity contribution in [2.24, 2.45) is 5.73 Å². The van der Waals surface area contributed by atoms with Crippen molar-refractivity contribution in [2.75, 3.05) is 7.11 Å². The molecule has 0 aliphatic carbocycles. The Kier molecular flexibility index (Phi) is 4.31. The smallest absolute Gasteiger partial charge is 0.124 e. The van der Waals surface area contributed by atoms with Crippen molar-refractivity contribution >= 4 is 11.6 Å². The summed E-state index contributed by atoms with van der Waals surface area (Å²) in [6, 6.07) is 7.81. The summed E-state index contributed by atoms with van der Waals surface area (Å²) in [5.74, 6) is 0.456. The largest absolute Gasteiger partial charge is 0.496 e. The number of benzene rings is 2. The van der Waals surface area contributed by atoms with E-state index in [1.54, 1.807) is 13.2 Å². The molecule has 0 spiro atoms. The Bertz CT molecular complexity index is 643. The molecule has 2 nitrogen and oxygen atoms in total. The molecule has 0 heterocycles. The van der Waals surface area contributed by atoms with E-state index in [0.29, 0.717) is 10.6 Å². The Balaban J connectivity index is 2.48. The van der Waals surface area contributed by atoms with Gasteiger partial charge in [-0.15, -0.1) is 0 Å².